The van der Waals surface area contributed by atoms with Crippen LogP contribution in [0.2, 0.25) is 0 Å². The summed E-state index contributed by atoms with van der Waals surface area (Å²) in [7, 11) is 3.38. The Balaban J connectivity index is 2.48. The van der Waals surface area contributed by atoms with Crippen LogP contribution in [0.1, 0.15) is 13.8 Å². The molecule has 1 saturated heterocycles. The molecule has 1 aliphatic rings. The lowest BCUT2D eigenvalue weighted by atomic mass is 9.94. The van der Waals surface area contributed by atoms with Gasteiger partial charge < -0.3 is 14.2 Å². The third-order valence-corrected chi connectivity index (χ3v) is 2.72. The molecular formula is C9H18O3. The van der Waals surface area contributed by atoms with Crippen LogP contribution in [0.3, 0.4) is 0 Å². The summed E-state index contributed by atoms with van der Waals surface area (Å²) in [6.45, 7) is 4.98. The van der Waals surface area contributed by atoms with Crippen LogP contribution in [0.25, 0.3) is 0 Å². The Bertz CT molecular complexity index is 138. The van der Waals surface area contributed by atoms with Crippen LogP contribution >= 0.6 is 0 Å². The monoisotopic (exact) mass is 174 g/mol. The van der Waals surface area contributed by atoms with Crippen molar-refractivity contribution in [2.75, 3.05) is 20.8 Å². The lowest BCUT2D eigenvalue weighted by molar-refractivity contribution is -0.138. The highest BCUT2D eigenvalue weighted by atomic mass is 16.7. The molecule has 1 fully saturated rings. The van der Waals surface area contributed by atoms with E-state index in [1.165, 1.54) is 0 Å². The van der Waals surface area contributed by atoms with Crippen molar-refractivity contribution < 1.29 is 14.2 Å². The van der Waals surface area contributed by atoms with Gasteiger partial charge in [-0.05, 0) is 5.92 Å². The van der Waals surface area contributed by atoms with Crippen molar-refractivity contribution in [1.29, 1.82) is 0 Å². The zero-order valence-corrected chi connectivity index (χ0v) is 8.24. The zero-order valence-electron chi connectivity index (χ0n) is 8.24. The number of rotatable bonds is 3. The van der Waals surface area contributed by atoms with Gasteiger partial charge in [-0.15, -0.1) is 0 Å². The zero-order chi connectivity index (χ0) is 9.14. The predicted octanol–water partition coefficient (Wildman–Crippen LogP) is 1.28. The van der Waals surface area contributed by atoms with Gasteiger partial charge >= 0.3 is 0 Å². The number of ether oxygens (including phenoxy) is 3. The van der Waals surface area contributed by atoms with Crippen LogP contribution in [0.4, 0.5) is 0 Å². The Morgan fingerprint density at radius 1 is 1.17 bits per heavy atom. The van der Waals surface area contributed by atoms with Gasteiger partial charge in [0.05, 0.1) is 12.7 Å². The molecule has 0 aromatic carbocycles. The minimum Gasteiger partial charge on any atom is -0.382 e. The van der Waals surface area contributed by atoms with E-state index in [4.69, 9.17) is 14.2 Å². The van der Waals surface area contributed by atoms with Gasteiger partial charge in [-0.1, -0.05) is 13.8 Å². The Morgan fingerprint density at radius 3 is 2.25 bits per heavy atom. The van der Waals surface area contributed by atoms with Crippen LogP contribution < -0.4 is 0 Å². The summed E-state index contributed by atoms with van der Waals surface area (Å²) >= 11 is 0. The van der Waals surface area contributed by atoms with Gasteiger partial charge in [0.15, 0.2) is 6.29 Å². The summed E-state index contributed by atoms with van der Waals surface area (Å²) in [6, 6.07) is 0. The molecule has 4 unspecified atom stereocenters. The highest BCUT2D eigenvalue weighted by molar-refractivity contribution is 4.81. The first-order valence-corrected chi connectivity index (χ1v) is 4.38. The van der Waals surface area contributed by atoms with Gasteiger partial charge in [0.1, 0.15) is 0 Å². The minimum atomic E-state index is -0.0554. The summed E-state index contributed by atoms with van der Waals surface area (Å²) in [5.41, 5.74) is 0. The normalized spacial score (nSPS) is 42.0. The van der Waals surface area contributed by atoms with Crippen molar-refractivity contribution in [2.24, 2.45) is 11.8 Å². The quantitative estimate of drug-likeness (QED) is 0.645. The summed E-state index contributed by atoms with van der Waals surface area (Å²) in [5.74, 6) is 0.963. The summed E-state index contributed by atoms with van der Waals surface area (Å²) in [4.78, 5) is 0. The predicted molar refractivity (Wildman–Crippen MR) is 45.9 cm³/mol. The number of methoxy groups -OCH3 is 2. The second-order valence-electron chi connectivity index (χ2n) is 3.45. The summed E-state index contributed by atoms with van der Waals surface area (Å²) in [5, 5.41) is 0. The molecule has 0 aromatic rings. The third kappa shape index (κ3) is 1.79. The maximum Gasteiger partial charge on any atom is 0.160 e. The highest BCUT2D eigenvalue weighted by Crippen LogP contribution is 2.32. The summed E-state index contributed by atoms with van der Waals surface area (Å²) in [6.07, 6.45) is 0.134. The van der Waals surface area contributed by atoms with E-state index in [0.717, 1.165) is 0 Å². The minimum absolute atomic E-state index is 0.0554. The largest absolute Gasteiger partial charge is 0.382 e. The third-order valence-electron chi connectivity index (χ3n) is 2.72. The van der Waals surface area contributed by atoms with E-state index in [0.29, 0.717) is 18.4 Å². The van der Waals surface area contributed by atoms with E-state index in [-0.39, 0.29) is 12.4 Å². The Labute approximate surface area is 74.0 Å². The summed E-state index contributed by atoms with van der Waals surface area (Å²) < 4.78 is 15.9. The van der Waals surface area contributed by atoms with E-state index < -0.39 is 0 Å². The van der Waals surface area contributed by atoms with Crippen molar-refractivity contribution in [3.05, 3.63) is 0 Å². The van der Waals surface area contributed by atoms with Crippen LogP contribution in [0.15, 0.2) is 0 Å². The molecule has 72 valence electrons. The van der Waals surface area contributed by atoms with E-state index in [1.807, 2.05) is 0 Å². The SMILES string of the molecule is COCC1OC(OC)C(C)C1C. The molecule has 0 bridgehead atoms. The lowest BCUT2D eigenvalue weighted by Gasteiger charge is -2.13. The van der Waals surface area contributed by atoms with Gasteiger partial charge in [-0.2, -0.15) is 0 Å². The molecule has 0 radical (unpaired) electrons. The fraction of sp³-hybridized carbons (Fsp3) is 1.00. The molecule has 0 N–H and O–H groups in total. The van der Waals surface area contributed by atoms with Gasteiger partial charge in [0.2, 0.25) is 0 Å². The highest BCUT2D eigenvalue weighted by Gasteiger charge is 2.38. The van der Waals surface area contributed by atoms with E-state index in [1.54, 1.807) is 14.2 Å². The molecule has 3 nitrogen and oxygen atoms in total. The second-order valence-corrected chi connectivity index (χ2v) is 3.45. The molecule has 3 heteroatoms. The number of hydrogen-bond donors (Lipinski definition) is 0. The first-order chi connectivity index (χ1) is 5.70. The van der Waals surface area contributed by atoms with Crippen LogP contribution in [-0.2, 0) is 14.2 Å². The first-order valence-electron chi connectivity index (χ1n) is 4.38. The molecule has 0 aliphatic carbocycles. The second kappa shape index (κ2) is 4.21. The average Bonchev–Trinajstić information content (AvgIpc) is 2.33. The topological polar surface area (TPSA) is 27.7 Å². The molecule has 4 atom stereocenters. The Hall–Kier alpha value is -0.120. The van der Waals surface area contributed by atoms with Crippen molar-refractivity contribution in [3.8, 4) is 0 Å². The molecule has 0 spiro atoms. The molecule has 0 saturated carbocycles. The lowest BCUT2D eigenvalue weighted by Crippen LogP contribution is -2.21. The van der Waals surface area contributed by atoms with Crippen LogP contribution in [0, 0.1) is 11.8 Å². The van der Waals surface area contributed by atoms with Crippen molar-refractivity contribution in [2.45, 2.75) is 26.2 Å². The molecule has 1 heterocycles. The van der Waals surface area contributed by atoms with E-state index >= 15 is 0 Å². The smallest absolute Gasteiger partial charge is 0.160 e. The van der Waals surface area contributed by atoms with Crippen molar-refractivity contribution in [3.63, 3.8) is 0 Å². The van der Waals surface area contributed by atoms with Crippen LogP contribution in [-0.4, -0.2) is 33.2 Å². The van der Waals surface area contributed by atoms with E-state index in [2.05, 4.69) is 13.8 Å². The Morgan fingerprint density at radius 2 is 1.83 bits per heavy atom. The molecule has 0 aromatic heterocycles. The maximum absolute atomic E-state index is 5.63. The van der Waals surface area contributed by atoms with Crippen LogP contribution in [0.5, 0.6) is 0 Å². The van der Waals surface area contributed by atoms with Crippen molar-refractivity contribution in [1.82, 2.24) is 0 Å². The van der Waals surface area contributed by atoms with Gasteiger partial charge in [0.25, 0.3) is 0 Å². The fourth-order valence-corrected chi connectivity index (χ4v) is 1.63. The van der Waals surface area contributed by atoms with Crippen molar-refractivity contribution >= 4 is 0 Å². The molecular weight excluding hydrogens is 156 g/mol. The fourth-order valence-electron chi connectivity index (χ4n) is 1.63. The average molecular weight is 174 g/mol. The molecule has 1 rings (SSSR count). The molecule has 12 heavy (non-hydrogen) atoms. The van der Waals surface area contributed by atoms with Gasteiger partial charge in [-0.3, -0.25) is 0 Å². The number of hydrogen-bond acceptors (Lipinski definition) is 3. The molecule has 1 aliphatic heterocycles. The van der Waals surface area contributed by atoms with E-state index in [9.17, 15) is 0 Å². The Kier molecular flexibility index (Phi) is 3.50. The molecule has 0 amide bonds. The van der Waals surface area contributed by atoms with Gasteiger partial charge in [0, 0.05) is 20.1 Å². The van der Waals surface area contributed by atoms with Gasteiger partial charge in [-0.25, -0.2) is 0 Å². The standard InChI is InChI=1S/C9H18O3/c1-6-7(2)9(11-4)12-8(6)5-10-3/h6-9H,5H2,1-4H3. The first kappa shape index (κ1) is 9.96. The maximum atomic E-state index is 5.63.